The fourth-order valence-corrected chi connectivity index (χ4v) is 2.50. The number of Topliss-reactive ketones (excluding diaryl/α,β-unsaturated/α-hetero) is 1. The number of aromatic nitrogens is 2. The maximum Gasteiger partial charge on any atom is 0.163 e. The molecule has 1 aromatic heterocycles. The minimum absolute atomic E-state index is 0.0455. The number of carbonyl (C=O) groups excluding carboxylic acids is 1. The Labute approximate surface area is 118 Å². The summed E-state index contributed by atoms with van der Waals surface area (Å²) in [6, 6.07) is 6.47. The third kappa shape index (κ3) is 2.79. The average molecular weight is 274 g/mol. The molecule has 0 atom stereocenters. The Morgan fingerprint density at radius 1 is 1.30 bits per heavy atom. The fourth-order valence-electron chi connectivity index (χ4n) is 2.50. The van der Waals surface area contributed by atoms with E-state index in [4.69, 9.17) is 0 Å². The molecule has 1 aromatic carbocycles. The van der Waals surface area contributed by atoms with Crippen LogP contribution in [-0.4, -0.2) is 15.6 Å². The first-order chi connectivity index (χ1) is 9.56. The molecule has 0 saturated carbocycles. The molecule has 0 amide bonds. The van der Waals surface area contributed by atoms with Gasteiger partial charge in [-0.25, -0.2) is 4.39 Å². The molecule has 0 fully saturated rings. The number of hydrogen-bond donors (Lipinski definition) is 0. The van der Waals surface area contributed by atoms with Crippen LogP contribution in [0, 0.1) is 5.82 Å². The van der Waals surface area contributed by atoms with Crippen LogP contribution in [0.3, 0.4) is 0 Å². The number of carbonyl (C=O) groups is 1. The van der Waals surface area contributed by atoms with Gasteiger partial charge in [-0.3, -0.25) is 9.48 Å². The van der Waals surface area contributed by atoms with Crippen LogP contribution in [-0.2, 0) is 19.4 Å². The van der Waals surface area contributed by atoms with E-state index >= 15 is 0 Å². The predicted molar refractivity (Wildman–Crippen MR) is 76.5 cm³/mol. The molecular weight excluding hydrogens is 255 g/mol. The summed E-state index contributed by atoms with van der Waals surface area (Å²) < 4.78 is 15.1. The summed E-state index contributed by atoms with van der Waals surface area (Å²) in [6.45, 7) is 6.05. The molecule has 0 unspecified atom stereocenters. The lowest BCUT2D eigenvalue weighted by Crippen LogP contribution is -2.08. The van der Waals surface area contributed by atoms with E-state index in [9.17, 15) is 9.18 Å². The predicted octanol–water partition coefficient (Wildman–Crippen LogP) is 3.40. The first-order valence-corrected chi connectivity index (χ1v) is 6.90. The number of nitrogens with zero attached hydrogens (tertiary/aromatic N) is 2. The molecule has 0 aliphatic heterocycles. The molecule has 0 saturated heterocycles. The minimum atomic E-state index is -0.254. The van der Waals surface area contributed by atoms with E-state index in [1.807, 2.05) is 24.6 Å². The van der Waals surface area contributed by atoms with Crippen LogP contribution < -0.4 is 0 Å². The summed E-state index contributed by atoms with van der Waals surface area (Å²) in [5.41, 5.74) is 3.33. The van der Waals surface area contributed by atoms with Gasteiger partial charge in [0, 0.05) is 5.69 Å². The van der Waals surface area contributed by atoms with Crippen molar-refractivity contribution in [3.63, 3.8) is 0 Å². The van der Waals surface area contributed by atoms with E-state index in [0.29, 0.717) is 6.54 Å². The van der Waals surface area contributed by atoms with E-state index in [-0.39, 0.29) is 11.6 Å². The first kappa shape index (κ1) is 14.4. The highest BCUT2D eigenvalue weighted by Crippen LogP contribution is 2.18. The average Bonchev–Trinajstić information content (AvgIpc) is 2.76. The van der Waals surface area contributed by atoms with Crippen LogP contribution >= 0.6 is 0 Å². The van der Waals surface area contributed by atoms with Gasteiger partial charge in [-0.2, -0.15) is 5.10 Å². The molecule has 0 spiro atoms. The van der Waals surface area contributed by atoms with Gasteiger partial charge in [-0.15, -0.1) is 0 Å². The molecule has 0 aliphatic rings. The zero-order valence-corrected chi connectivity index (χ0v) is 12.1. The molecule has 0 N–H and O–H groups in total. The lowest BCUT2D eigenvalue weighted by Gasteiger charge is -2.07. The smallest absolute Gasteiger partial charge is 0.163 e. The SMILES string of the molecule is CCc1nn(Cc2cccc(F)c2)c(CC)c1C(C)=O. The van der Waals surface area contributed by atoms with Gasteiger partial charge in [0.1, 0.15) is 5.82 Å². The van der Waals surface area contributed by atoms with Gasteiger partial charge in [-0.05, 0) is 37.5 Å². The van der Waals surface area contributed by atoms with Crippen molar-refractivity contribution in [2.24, 2.45) is 0 Å². The van der Waals surface area contributed by atoms with Crippen molar-refractivity contribution in [1.82, 2.24) is 9.78 Å². The van der Waals surface area contributed by atoms with Crippen molar-refractivity contribution in [3.8, 4) is 0 Å². The Hall–Kier alpha value is -1.97. The van der Waals surface area contributed by atoms with Gasteiger partial charge in [0.15, 0.2) is 5.78 Å². The number of rotatable bonds is 5. The van der Waals surface area contributed by atoms with E-state index in [0.717, 1.165) is 35.4 Å². The highest BCUT2D eigenvalue weighted by Gasteiger charge is 2.18. The Balaban J connectivity index is 2.44. The second-order valence-corrected chi connectivity index (χ2v) is 4.82. The monoisotopic (exact) mass is 274 g/mol. The van der Waals surface area contributed by atoms with E-state index in [1.54, 1.807) is 13.0 Å². The first-order valence-electron chi connectivity index (χ1n) is 6.90. The Kier molecular flexibility index (Phi) is 4.32. The van der Waals surface area contributed by atoms with E-state index in [1.165, 1.54) is 12.1 Å². The molecule has 0 radical (unpaired) electrons. The van der Waals surface area contributed by atoms with Crippen molar-refractivity contribution in [2.45, 2.75) is 40.2 Å². The zero-order chi connectivity index (χ0) is 14.7. The molecule has 0 aliphatic carbocycles. The number of benzene rings is 1. The van der Waals surface area contributed by atoms with Crippen LogP contribution in [0.15, 0.2) is 24.3 Å². The summed E-state index contributed by atoms with van der Waals surface area (Å²) >= 11 is 0. The van der Waals surface area contributed by atoms with E-state index < -0.39 is 0 Å². The van der Waals surface area contributed by atoms with Gasteiger partial charge in [0.05, 0.1) is 17.8 Å². The zero-order valence-electron chi connectivity index (χ0n) is 12.1. The number of halogens is 1. The summed E-state index contributed by atoms with van der Waals surface area (Å²) in [7, 11) is 0. The maximum atomic E-state index is 13.2. The molecule has 1 heterocycles. The van der Waals surface area contributed by atoms with Gasteiger partial charge in [-0.1, -0.05) is 26.0 Å². The van der Waals surface area contributed by atoms with Crippen molar-refractivity contribution in [1.29, 1.82) is 0 Å². The molecule has 2 aromatic rings. The summed E-state index contributed by atoms with van der Waals surface area (Å²) in [5.74, 6) is -0.209. The molecule has 4 heteroatoms. The van der Waals surface area contributed by atoms with Gasteiger partial charge in [0.2, 0.25) is 0 Å². The van der Waals surface area contributed by atoms with Crippen molar-refractivity contribution in [3.05, 3.63) is 52.6 Å². The van der Waals surface area contributed by atoms with Crippen LogP contribution in [0.2, 0.25) is 0 Å². The fraction of sp³-hybridized carbons (Fsp3) is 0.375. The van der Waals surface area contributed by atoms with Gasteiger partial charge >= 0.3 is 0 Å². The highest BCUT2D eigenvalue weighted by atomic mass is 19.1. The summed E-state index contributed by atoms with van der Waals surface area (Å²) in [4.78, 5) is 11.8. The second-order valence-electron chi connectivity index (χ2n) is 4.82. The van der Waals surface area contributed by atoms with E-state index in [2.05, 4.69) is 5.10 Å². The van der Waals surface area contributed by atoms with Crippen molar-refractivity contribution < 1.29 is 9.18 Å². The lowest BCUT2D eigenvalue weighted by molar-refractivity contribution is 0.101. The van der Waals surface area contributed by atoms with Crippen LogP contribution in [0.4, 0.5) is 4.39 Å². The number of hydrogen-bond acceptors (Lipinski definition) is 2. The van der Waals surface area contributed by atoms with Gasteiger partial charge in [0.25, 0.3) is 0 Å². The van der Waals surface area contributed by atoms with Gasteiger partial charge < -0.3 is 0 Å². The number of aryl methyl sites for hydroxylation is 1. The quantitative estimate of drug-likeness (QED) is 0.783. The third-order valence-electron chi connectivity index (χ3n) is 3.37. The third-order valence-corrected chi connectivity index (χ3v) is 3.37. The molecular formula is C16H19FN2O. The normalized spacial score (nSPS) is 10.8. The Morgan fingerprint density at radius 2 is 2.05 bits per heavy atom. The topological polar surface area (TPSA) is 34.9 Å². The maximum absolute atomic E-state index is 13.2. The lowest BCUT2D eigenvalue weighted by atomic mass is 10.1. The summed E-state index contributed by atoms with van der Waals surface area (Å²) in [6.07, 6.45) is 1.45. The second kappa shape index (κ2) is 5.99. The molecule has 0 bridgehead atoms. The van der Waals surface area contributed by atoms with Crippen molar-refractivity contribution >= 4 is 5.78 Å². The Bertz CT molecular complexity index is 631. The van der Waals surface area contributed by atoms with Crippen LogP contribution in [0.5, 0.6) is 0 Å². The highest BCUT2D eigenvalue weighted by molar-refractivity contribution is 5.96. The molecule has 3 nitrogen and oxygen atoms in total. The minimum Gasteiger partial charge on any atom is -0.294 e. The van der Waals surface area contributed by atoms with Crippen molar-refractivity contribution in [2.75, 3.05) is 0 Å². The largest absolute Gasteiger partial charge is 0.294 e. The summed E-state index contributed by atoms with van der Waals surface area (Å²) in [5, 5.41) is 4.52. The Morgan fingerprint density at radius 3 is 2.60 bits per heavy atom. The molecule has 20 heavy (non-hydrogen) atoms. The number of ketones is 1. The molecule has 2 rings (SSSR count). The molecule has 106 valence electrons. The van der Waals surface area contributed by atoms with Crippen LogP contribution in [0.25, 0.3) is 0 Å². The van der Waals surface area contributed by atoms with Crippen LogP contribution in [0.1, 0.15) is 48.1 Å². The standard InChI is InChI=1S/C16H19FN2O/c1-4-14-16(11(3)20)15(5-2)19(18-14)10-12-7-6-8-13(17)9-12/h6-9H,4-5,10H2,1-3H3.